The second-order valence-electron chi connectivity index (χ2n) is 5.70. The summed E-state index contributed by atoms with van der Waals surface area (Å²) in [5.41, 5.74) is 3.94. The van der Waals surface area contributed by atoms with Crippen LogP contribution in [0.25, 0.3) is 23.1 Å². The minimum absolute atomic E-state index is 0.205. The van der Waals surface area contributed by atoms with E-state index in [0.717, 1.165) is 40.8 Å². The summed E-state index contributed by atoms with van der Waals surface area (Å²) in [5.74, 6) is 0.205. The lowest BCUT2D eigenvalue weighted by molar-refractivity contribution is -0.117. The zero-order valence-electron chi connectivity index (χ0n) is 12.7. The van der Waals surface area contributed by atoms with Gasteiger partial charge in [0.2, 0.25) is 5.91 Å². The van der Waals surface area contributed by atoms with Gasteiger partial charge in [0.1, 0.15) is 0 Å². The largest absolute Gasteiger partial charge is 0.312 e. The van der Waals surface area contributed by atoms with E-state index in [4.69, 9.17) is 0 Å². The van der Waals surface area contributed by atoms with E-state index in [2.05, 4.69) is 16.3 Å². The Kier molecular flexibility index (Phi) is 3.42. The zero-order chi connectivity index (χ0) is 15.6. The maximum atomic E-state index is 12.0. The first-order valence-electron chi connectivity index (χ1n) is 7.83. The highest BCUT2D eigenvalue weighted by atomic mass is 16.2. The molecule has 0 spiro atoms. The molecule has 1 N–H and O–H groups in total. The molecule has 0 bridgehead atoms. The number of benzene rings is 2. The number of aromatic amines is 1. The maximum Gasteiger partial charge on any atom is 0.227 e. The molecule has 0 unspecified atom stereocenters. The summed E-state index contributed by atoms with van der Waals surface area (Å²) >= 11 is 0. The van der Waals surface area contributed by atoms with Crippen molar-refractivity contribution < 1.29 is 4.79 Å². The van der Waals surface area contributed by atoms with Crippen molar-refractivity contribution in [1.29, 1.82) is 0 Å². The number of aromatic nitrogens is 2. The van der Waals surface area contributed by atoms with Gasteiger partial charge in [0, 0.05) is 18.4 Å². The SMILES string of the molecule is O=C1CCCN1c1ccccc1/C=C/c1n[nH]c2ccccc12. The fraction of sp³-hybridized carbons (Fsp3) is 0.158. The molecule has 4 nitrogen and oxygen atoms in total. The van der Waals surface area contributed by atoms with Crippen LogP contribution < -0.4 is 4.90 Å². The number of rotatable bonds is 3. The van der Waals surface area contributed by atoms with E-state index in [1.54, 1.807) is 0 Å². The number of H-pyrrole nitrogens is 1. The molecule has 4 rings (SSSR count). The van der Waals surface area contributed by atoms with Crippen LogP contribution in [-0.4, -0.2) is 22.6 Å². The van der Waals surface area contributed by atoms with Gasteiger partial charge in [0.15, 0.2) is 0 Å². The quantitative estimate of drug-likeness (QED) is 0.798. The van der Waals surface area contributed by atoms with Gasteiger partial charge in [-0.05, 0) is 30.2 Å². The standard InChI is InChI=1S/C19H17N3O/c23-19-10-5-13-22(19)18-9-4-1-6-14(18)11-12-17-15-7-2-3-8-16(15)20-21-17/h1-4,6-9,11-12H,5,10,13H2,(H,20,21)/b12-11+. The number of hydrogen-bond donors (Lipinski definition) is 1. The molecule has 2 heterocycles. The number of anilines is 1. The molecular formula is C19H17N3O. The van der Waals surface area contributed by atoms with E-state index >= 15 is 0 Å². The number of nitrogens with one attached hydrogen (secondary N) is 1. The Morgan fingerprint density at radius 1 is 1.04 bits per heavy atom. The van der Waals surface area contributed by atoms with Gasteiger partial charge < -0.3 is 4.90 Å². The second kappa shape index (κ2) is 5.72. The van der Waals surface area contributed by atoms with Crippen molar-refractivity contribution in [3.05, 3.63) is 59.8 Å². The fourth-order valence-electron chi connectivity index (χ4n) is 3.06. The molecule has 1 fully saturated rings. The Morgan fingerprint density at radius 3 is 2.74 bits per heavy atom. The first-order valence-corrected chi connectivity index (χ1v) is 7.83. The third kappa shape index (κ3) is 2.52. The third-order valence-electron chi connectivity index (χ3n) is 4.22. The Morgan fingerprint density at radius 2 is 1.87 bits per heavy atom. The lowest BCUT2D eigenvalue weighted by Gasteiger charge is -2.18. The van der Waals surface area contributed by atoms with Crippen LogP contribution in [0.2, 0.25) is 0 Å². The Labute approximate surface area is 134 Å². The van der Waals surface area contributed by atoms with Crippen molar-refractivity contribution in [2.45, 2.75) is 12.8 Å². The van der Waals surface area contributed by atoms with E-state index in [9.17, 15) is 4.79 Å². The molecule has 114 valence electrons. The molecule has 1 saturated heterocycles. The highest BCUT2D eigenvalue weighted by Gasteiger charge is 2.22. The van der Waals surface area contributed by atoms with Crippen LogP contribution in [0.1, 0.15) is 24.1 Å². The van der Waals surface area contributed by atoms with Gasteiger partial charge in [-0.3, -0.25) is 9.89 Å². The molecule has 0 atom stereocenters. The smallest absolute Gasteiger partial charge is 0.227 e. The van der Waals surface area contributed by atoms with Gasteiger partial charge in [0.05, 0.1) is 16.9 Å². The van der Waals surface area contributed by atoms with Crippen LogP contribution in [-0.2, 0) is 4.79 Å². The molecule has 2 aromatic carbocycles. The van der Waals surface area contributed by atoms with Gasteiger partial charge in [-0.25, -0.2) is 0 Å². The minimum Gasteiger partial charge on any atom is -0.312 e. The lowest BCUT2D eigenvalue weighted by atomic mass is 10.1. The molecule has 0 radical (unpaired) electrons. The predicted molar refractivity (Wildman–Crippen MR) is 93.1 cm³/mol. The Hall–Kier alpha value is -2.88. The topological polar surface area (TPSA) is 49.0 Å². The molecule has 1 amide bonds. The first kappa shape index (κ1) is 13.8. The van der Waals surface area contributed by atoms with Crippen LogP contribution in [0, 0.1) is 0 Å². The van der Waals surface area contributed by atoms with Crippen molar-refractivity contribution in [3.63, 3.8) is 0 Å². The van der Waals surface area contributed by atoms with Crippen LogP contribution >= 0.6 is 0 Å². The number of carbonyl (C=O) groups is 1. The van der Waals surface area contributed by atoms with Crippen molar-refractivity contribution in [1.82, 2.24) is 10.2 Å². The van der Waals surface area contributed by atoms with Gasteiger partial charge in [-0.1, -0.05) is 42.5 Å². The van der Waals surface area contributed by atoms with Crippen LogP contribution in [0.3, 0.4) is 0 Å². The number of hydrogen-bond acceptors (Lipinski definition) is 2. The lowest BCUT2D eigenvalue weighted by Crippen LogP contribution is -2.24. The summed E-state index contributed by atoms with van der Waals surface area (Å²) in [5, 5.41) is 8.49. The molecule has 1 aromatic heterocycles. The number of carbonyl (C=O) groups excluding carboxylic acids is 1. The number of fused-ring (bicyclic) bond motifs is 1. The molecule has 23 heavy (non-hydrogen) atoms. The van der Waals surface area contributed by atoms with E-state index in [0.29, 0.717) is 6.42 Å². The van der Waals surface area contributed by atoms with Gasteiger partial charge >= 0.3 is 0 Å². The summed E-state index contributed by atoms with van der Waals surface area (Å²) in [6.45, 7) is 0.801. The van der Waals surface area contributed by atoms with E-state index in [1.807, 2.05) is 59.5 Å². The summed E-state index contributed by atoms with van der Waals surface area (Å²) in [7, 11) is 0. The van der Waals surface area contributed by atoms with E-state index in [-0.39, 0.29) is 5.91 Å². The van der Waals surface area contributed by atoms with Crippen LogP contribution in [0.5, 0.6) is 0 Å². The molecular weight excluding hydrogens is 286 g/mol. The maximum absolute atomic E-state index is 12.0. The summed E-state index contributed by atoms with van der Waals surface area (Å²) in [6, 6.07) is 16.1. The molecule has 1 aliphatic heterocycles. The summed E-state index contributed by atoms with van der Waals surface area (Å²) in [4.78, 5) is 13.9. The van der Waals surface area contributed by atoms with Crippen molar-refractivity contribution >= 4 is 34.6 Å². The zero-order valence-corrected chi connectivity index (χ0v) is 12.7. The predicted octanol–water partition coefficient (Wildman–Crippen LogP) is 3.86. The van der Waals surface area contributed by atoms with Gasteiger partial charge in [0.25, 0.3) is 0 Å². The van der Waals surface area contributed by atoms with Gasteiger partial charge in [-0.2, -0.15) is 5.10 Å². The van der Waals surface area contributed by atoms with E-state index in [1.165, 1.54) is 0 Å². The monoisotopic (exact) mass is 303 g/mol. The van der Waals surface area contributed by atoms with E-state index < -0.39 is 0 Å². The second-order valence-corrected chi connectivity index (χ2v) is 5.70. The molecule has 1 aliphatic rings. The van der Waals surface area contributed by atoms with Crippen molar-refractivity contribution in [2.75, 3.05) is 11.4 Å². The van der Waals surface area contributed by atoms with Gasteiger partial charge in [-0.15, -0.1) is 0 Å². The molecule has 0 saturated carbocycles. The average Bonchev–Trinajstić information content (AvgIpc) is 3.19. The average molecular weight is 303 g/mol. The third-order valence-corrected chi connectivity index (χ3v) is 4.22. The van der Waals surface area contributed by atoms with Crippen LogP contribution in [0.15, 0.2) is 48.5 Å². The Bertz CT molecular complexity index is 894. The molecule has 0 aliphatic carbocycles. The first-order chi connectivity index (χ1) is 11.3. The highest BCUT2D eigenvalue weighted by Crippen LogP contribution is 2.27. The molecule has 4 heteroatoms. The minimum atomic E-state index is 0.205. The summed E-state index contributed by atoms with van der Waals surface area (Å²) < 4.78 is 0. The number of para-hydroxylation sites is 2. The fourth-order valence-corrected chi connectivity index (χ4v) is 3.06. The normalized spacial score (nSPS) is 15.1. The molecule has 3 aromatic rings. The van der Waals surface area contributed by atoms with Crippen LogP contribution in [0.4, 0.5) is 5.69 Å². The Balaban J connectivity index is 1.70. The highest BCUT2D eigenvalue weighted by molar-refractivity contribution is 5.98. The van der Waals surface area contributed by atoms with Crippen molar-refractivity contribution in [3.8, 4) is 0 Å². The summed E-state index contributed by atoms with van der Waals surface area (Å²) in [6.07, 6.45) is 5.60. The number of amides is 1. The van der Waals surface area contributed by atoms with Crippen molar-refractivity contribution in [2.24, 2.45) is 0 Å². The number of nitrogens with zero attached hydrogens (tertiary/aromatic N) is 2.